The van der Waals surface area contributed by atoms with Crippen LogP contribution in [0.4, 0.5) is 0 Å². The molecule has 3 nitrogen and oxygen atoms in total. The van der Waals surface area contributed by atoms with Gasteiger partial charge in [-0.25, -0.2) is 0 Å². The smallest absolute Gasteiger partial charge is 0.0265 e. The van der Waals surface area contributed by atoms with Crippen LogP contribution in [0.25, 0.3) is 0 Å². The first kappa shape index (κ1) is 15.5. The number of likely N-dealkylation sites (N-methyl/N-ethyl adjacent to an activating group) is 2. The monoisotopic (exact) mass is 275 g/mol. The molecule has 1 N–H and O–H groups in total. The van der Waals surface area contributed by atoms with Gasteiger partial charge in [-0.2, -0.15) is 0 Å². The van der Waals surface area contributed by atoms with E-state index in [1.165, 1.54) is 30.6 Å². The van der Waals surface area contributed by atoms with Crippen molar-refractivity contribution in [3.8, 4) is 0 Å². The molecule has 1 aliphatic rings. The van der Waals surface area contributed by atoms with Crippen LogP contribution in [0, 0.1) is 0 Å². The van der Waals surface area contributed by atoms with Gasteiger partial charge in [0.1, 0.15) is 0 Å². The number of nitrogens with zero attached hydrogens (tertiary/aromatic N) is 2. The van der Waals surface area contributed by atoms with E-state index in [4.69, 9.17) is 0 Å². The van der Waals surface area contributed by atoms with Crippen LogP contribution in [0.15, 0.2) is 24.3 Å². The summed E-state index contributed by atoms with van der Waals surface area (Å²) >= 11 is 0. The van der Waals surface area contributed by atoms with Crippen molar-refractivity contribution in [1.29, 1.82) is 0 Å². The molecule has 1 aromatic carbocycles. The molecule has 112 valence electrons. The lowest BCUT2D eigenvalue weighted by atomic mass is 9.94. The summed E-state index contributed by atoms with van der Waals surface area (Å²) in [5, 5.41) is 3.36. The second-order valence-corrected chi connectivity index (χ2v) is 5.68. The lowest BCUT2D eigenvalue weighted by Crippen LogP contribution is -2.48. The van der Waals surface area contributed by atoms with Gasteiger partial charge in [-0.3, -0.25) is 4.90 Å². The van der Waals surface area contributed by atoms with E-state index < -0.39 is 0 Å². The molecule has 0 saturated heterocycles. The van der Waals surface area contributed by atoms with Gasteiger partial charge in [0.25, 0.3) is 0 Å². The van der Waals surface area contributed by atoms with Crippen molar-refractivity contribution in [1.82, 2.24) is 15.1 Å². The molecule has 0 saturated carbocycles. The van der Waals surface area contributed by atoms with Crippen LogP contribution in [0.3, 0.4) is 0 Å². The fourth-order valence-electron chi connectivity index (χ4n) is 3.15. The highest BCUT2D eigenvalue weighted by atomic mass is 15.2. The van der Waals surface area contributed by atoms with Gasteiger partial charge in [0, 0.05) is 32.2 Å². The second-order valence-electron chi connectivity index (χ2n) is 5.68. The Kier molecular flexibility index (Phi) is 6.02. The summed E-state index contributed by atoms with van der Waals surface area (Å²) in [5.41, 5.74) is 3.05. The molecule has 1 aliphatic heterocycles. The summed E-state index contributed by atoms with van der Waals surface area (Å²) in [4.78, 5) is 5.16. The van der Waals surface area contributed by atoms with Crippen molar-refractivity contribution < 1.29 is 0 Å². The zero-order chi connectivity index (χ0) is 14.4. The van der Waals surface area contributed by atoms with Crippen LogP contribution in [-0.4, -0.2) is 55.6 Å². The van der Waals surface area contributed by atoms with E-state index >= 15 is 0 Å². The predicted molar refractivity (Wildman–Crippen MR) is 86.1 cm³/mol. The first-order chi connectivity index (χ1) is 9.78. The number of fused-ring (bicyclic) bond motifs is 1. The molecule has 0 bridgehead atoms. The minimum atomic E-state index is 0.630. The molecule has 0 radical (unpaired) electrons. The van der Waals surface area contributed by atoms with Crippen molar-refractivity contribution >= 4 is 0 Å². The van der Waals surface area contributed by atoms with E-state index in [0.29, 0.717) is 6.04 Å². The van der Waals surface area contributed by atoms with Crippen molar-refractivity contribution in [3.63, 3.8) is 0 Å². The summed E-state index contributed by atoms with van der Waals surface area (Å²) in [7, 11) is 2.06. The summed E-state index contributed by atoms with van der Waals surface area (Å²) < 4.78 is 0. The van der Waals surface area contributed by atoms with Crippen LogP contribution in [-0.2, 0) is 13.0 Å². The predicted octanol–water partition coefficient (Wildman–Crippen LogP) is 1.97. The van der Waals surface area contributed by atoms with Gasteiger partial charge < -0.3 is 10.2 Å². The average Bonchev–Trinajstić information content (AvgIpc) is 2.48. The first-order valence-corrected chi connectivity index (χ1v) is 7.96. The molecule has 1 heterocycles. The Balaban J connectivity index is 2.02. The minimum Gasteiger partial charge on any atom is -0.318 e. The highest BCUT2D eigenvalue weighted by molar-refractivity contribution is 5.30. The van der Waals surface area contributed by atoms with Gasteiger partial charge in [-0.15, -0.1) is 0 Å². The Morgan fingerprint density at radius 3 is 2.55 bits per heavy atom. The number of benzene rings is 1. The highest BCUT2D eigenvalue weighted by Crippen LogP contribution is 2.22. The van der Waals surface area contributed by atoms with E-state index in [1.807, 2.05) is 0 Å². The van der Waals surface area contributed by atoms with E-state index in [-0.39, 0.29) is 0 Å². The first-order valence-electron chi connectivity index (χ1n) is 7.96. The van der Waals surface area contributed by atoms with Crippen LogP contribution < -0.4 is 5.32 Å². The SMILES string of the molecule is CCN(CC)CCN1Cc2ccccc2CC1CNC. The van der Waals surface area contributed by atoms with Crippen LogP contribution in [0.1, 0.15) is 25.0 Å². The minimum absolute atomic E-state index is 0.630. The summed E-state index contributed by atoms with van der Waals surface area (Å²) in [6.07, 6.45) is 1.18. The molecule has 0 amide bonds. The van der Waals surface area contributed by atoms with Gasteiger partial charge in [0.05, 0.1) is 0 Å². The van der Waals surface area contributed by atoms with E-state index in [2.05, 4.69) is 60.3 Å². The molecule has 3 heteroatoms. The zero-order valence-corrected chi connectivity index (χ0v) is 13.2. The molecule has 1 unspecified atom stereocenters. The standard InChI is InChI=1S/C17H29N3/c1-4-19(5-2)10-11-20-14-16-9-7-6-8-15(16)12-17(20)13-18-3/h6-9,17-18H,4-5,10-14H2,1-3H3. The van der Waals surface area contributed by atoms with Gasteiger partial charge in [-0.05, 0) is 37.7 Å². The summed E-state index contributed by atoms with van der Waals surface area (Å²) in [6.45, 7) is 11.3. The molecule has 0 aromatic heterocycles. The van der Waals surface area contributed by atoms with Crippen LogP contribution in [0.5, 0.6) is 0 Å². The van der Waals surface area contributed by atoms with E-state index in [1.54, 1.807) is 0 Å². The Morgan fingerprint density at radius 1 is 1.20 bits per heavy atom. The Hall–Kier alpha value is -0.900. The third-order valence-corrected chi connectivity index (χ3v) is 4.50. The molecule has 2 rings (SSSR count). The lowest BCUT2D eigenvalue weighted by Gasteiger charge is -2.38. The number of hydrogen-bond acceptors (Lipinski definition) is 3. The topological polar surface area (TPSA) is 18.5 Å². The molecular formula is C17H29N3. The molecule has 0 fully saturated rings. The third-order valence-electron chi connectivity index (χ3n) is 4.50. The largest absolute Gasteiger partial charge is 0.318 e. The molecule has 1 aromatic rings. The highest BCUT2D eigenvalue weighted by Gasteiger charge is 2.25. The van der Waals surface area contributed by atoms with Crippen molar-refractivity contribution in [2.24, 2.45) is 0 Å². The van der Waals surface area contributed by atoms with Crippen molar-refractivity contribution in [2.75, 3.05) is 39.8 Å². The Bertz CT molecular complexity index is 401. The molecular weight excluding hydrogens is 246 g/mol. The van der Waals surface area contributed by atoms with E-state index in [0.717, 1.165) is 26.2 Å². The second kappa shape index (κ2) is 7.77. The fraction of sp³-hybridized carbons (Fsp3) is 0.647. The maximum absolute atomic E-state index is 3.36. The summed E-state index contributed by atoms with van der Waals surface area (Å²) in [5.74, 6) is 0. The zero-order valence-electron chi connectivity index (χ0n) is 13.2. The van der Waals surface area contributed by atoms with Crippen LogP contribution in [0.2, 0.25) is 0 Å². The molecule has 1 atom stereocenters. The fourth-order valence-corrected chi connectivity index (χ4v) is 3.15. The van der Waals surface area contributed by atoms with Gasteiger partial charge in [-0.1, -0.05) is 38.1 Å². The van der Waals surface area contributed by atoms with Gasteiger partial charge in [0.2, 0.25) is 0 Å². The van der Waals surface area contributed by atoms with Gasteiger partial charge >= 0.3 is 0 Å². The maximum Gasteiger partial charge on any atom is 0.0265 e. The van der Waals surface area contributed by atoms with Crippen molar-refractivity contribution in [2.45, 2.75) is 32.9 Å². The molecule has 0 aliphatic carbocycles. The van der Waals surface area contributed by atoms with Gasteiger partial charge in [0.15, 0.2) is 0 Å². The lowest BCUT2D eigenvalue weighted by molar-refractivity contribution is 0.144. The van der Waals surface area contributed by atoms with Crippen LogP contribution >= 0.6 is 0 Å². The normalized spacial score (nSPS) is 19.3. The molecule has 20 heavy (non-hydrogen) atoms. The quantitative estimate of drug-likeness (QED) is 0.821. The molecule has 0 spiro atoms. The number of rotatable bonds is 7. The number of nitrogens with one attached hydrogen (secondary N) is 1. The number of hydrogen-bond donors (Lipinski definition) is 1. The Morgan fingerprint density at radius 2 is 1.90 bits per heavy atom. The van der Waals surface area contributed by atoms with E-state index in [9.17, 15) is 0 Å². The summed E-state index contributed by atoms with van der Waals surface area (Å²) in [6, 6.07) is 9.54. The van der Waals surface area contributed by atoms with Crippen molar-refractivity contribution in [3.05, 3.63) is 35.4 Å². The maximum atomic E-state index is 3.36. The average molecular weight is 275 g/mol. The Labute approximate surface area is 124 Å². The third kappa shape index (κ3) is 3.81.